The van der Waals surface area contributed by atoms with Gasteiger partial charge >= 0.3 is 0 Å². The van der Waals surface area contributed by atoms with Crippen LogP contribution in [0.1, 0.15) is 0 Å². The molecule has 0 fully saturated rings. The van der Waals surface area contributed by atoms with Crippen LogP contribution >= 0.6 is 0 Å². The second kappa shape index (κ2) is 15.3. The van der Waals surface area contributed by atoms with Gasteiger partial charge in [-0.25, -0.2) is 0 Å². The van der Waals surface area contributed by atoms with E-state index in [1.54, 1.807) is 14.2 Å². The highest BCUT2D eigenvalue weighted by Gasteiger charge is 2.13. The van der Waals surface area contributed by atoms with Gasteiger partial charge in [0.2, 0.25) is 0 Å². The maximum Gasteiger partial charge on any atom is 0.143 e. The molecule has 0 aliphatic heterocycles. The molecule has 0 atom stereocenters. The summed E-state index contributed by atoms with van der Waals surface area (Å²) in [5.41, 5.74) is 6.73. The molecule has 0 spiro atoms. The van der Waals surface area contributed by atoms with Crippen LogP contribution in [-0.2, 0) is 0 Å². The molecule has 0 radical (unpaired) electrons. The molecule has 6 rings (SSSR count). The summed E-state index contributed by atoms with van der Waals surface area (Å²) in [7, 11) is 3.31. The zero-order valence-electron chi connectivity index (χ0n) is 26.4. The molecule has 0 saturated carbocycles. The molecule has 47 heavy (non-hydrogen) atoms. The predicted molar refractivity (Wildman–Crippen MR) is 191 cm³/mol. The Labute approximate surface area is 275 Å². The van der Waals surface area contributed by atoms with E-state index in [2.05, 4.69) is 51.9 Å². The number of nitrogens with one attached hydrogen (secondary N) is 2. The van der Waals surface area contributed by atoms with Gasteiger partial charge in [0.15, 0.2) is 0 Å². The number of nitrogens with zero attached hydrogens (tertiary/aromatic N) is 1. The van der Waals surface area contributed by atoms with E-state index in [1.165, 1.54) is 0 Å². The Morgan fingerprint density at radius 2 is 0.979 bits per heavy atom. The molecule has 6 aromatic carbocycles. The van der Waals surface area contributed by atoms with E-state index in [-0.39, 0.29) is 0 Å². The van der Waals surface area contributed by atoms with Crippen molar-refractivity contribution in [3.05, 3.63) is 152 Å². The first-order valence-electron chi connectivity index (χ1n) is 15.4. The number of hydrogen-bond donors (Lipinski definition) is 2. The molecule has 236 valence electrons. The minimum atomic E-state index is 0.355. The number of para-hydroxylation sites is 2. The largest absolute Gasteiger partial charge is 0.497 e. The topological polar surface area (TPSA) is 64.2 Å². The Morgan fingerprint density at radius 1 is 0.447 bits per heavy atom. The van der Waals surface area contributed by atoms with Crippen molar-refractivity contribution in [2.75, 3.05) is 43.0 Å². The summed E-state index contributed by atoms with van der Waals surface area (Å²) >= 11 is 0. The van der Waals surface area contributed by atoms with Crippen molar-refractivity contribution in [3.8, 4) is 23.0 Å². The van der Waals surface area contributed by atoms with Gasteiger partial charge in [0.1, 0.15) is 36.2 Å². The number of ether oxygens (including phenoxy) is 4. The first kappa shape index (κ1) is 30.9. The first-order valence-corrected chi connectivity index (χ1v) is 15.4. The van der Waals surface area contributed by atoms with Crippen molar-refractivity contribution < 1.29 is 18.9 Å². The van der Waals surface area contributed by atoms with Crippen LogP contribution in [0.2, 0.25) is 0 Å². The molecular formula is C40H37N3O4. The predicted octanol–water partition coefficient (Wildman–Crippen LogP) is 10.1. The van der Waals surface area contributed by atoms with E-state index in [9.17, 15) is 0 Å². The van der Waals surface area contributed by atoms with E-state index in [0.717, 1.165) is 57.1 Å². The van der Waals surface area contributed by atoms with E-state index >= 15 is 0 Å². The lowest BCUT2D eigenvalue weighted by molar-refractivity contribution is 0.218. The third kappa shape index (κ3) is 8.15. The summed E-state index contributed by atoms with van der Waals surface area (Å²) in [6.45, 7) is 0.724. The Hall–Kier alpha value is -6.08. The average Bonchev–Trinajstić information content (AvgIpc) is 3.13. The number of hydrogen-bond acceptors (Lipinski definition) is 7. The molecule has 0 aromatic heterocycles. The van der Waals surface area contributed by atoms with Crippen LogP contribution in [0.3, 0.4) is 0 Å². The van der Waals surface area contributed by atoms with Crippen LogP contribution in [0, 0.1) is 0 Å². The fourth-order valence-corrected chi connectivity index (χ4v) is 5.13. The minimum absolute atomic E-state index is 0.355. The van der Waals surface area contributed by atoms with E-state index < -0.39 is 0 Å². The van der Waals surface area contributed by atoms with Crippen LogP contribution in [0.15, 0.2) is 152 Å². The quantitative estimate of drug-likeness (QED) is 0.117. The Balaban J connectivity index is 1.15. The molecule has 0 unspecified atom stereocenters. The van der Waals surface area contributed by atoms with Gasteiger partial charge in [-0.2, -0.15) is 0 Å². The van der Waals surface area contributed by atoms with Crippen LogP contribution in [-0.4, -0.2) is 27.4 Å². The summed E-state index contributed by atoms with van der Waals surface area (Å²) in [5, 5.41) is 6.94. The van der Waals surface area contributed by atoms with Crippen LogP contribution < -0.4 is 34.5 Å². The zero-order chi connectivity index (χ0) is 32.3. The van der Waals surface area contributed by atoms with E-state index in [4.69, 9.17) is 18.9 Å². The fourth-order valence-electron chi connectivity index (χ4n) is 5.13. The summed E-state index contributed by atoms with van der Waals surface area (Å²) < 4.78 is 23.1. The van der Waals surface area contributed by atoms with Crippen LogP contribution in [0.4, 0.5) is 39.8 Å². The molecule has 0 saturated heterocycles. The highest BCUT2D eigenvalue weighted by molar-refractivity contribution is 5.77. The number of anilines is 7. The molecule has 2 N–H and O–H groups in total. The van der Waals surface area contributed by atoms with Gasteiger partial charge in [-0.15, -0.1) is 0 Å². The molecule has 0 bridgehead atoms. The highest BCUT2D eigenvalue weighted by Crippen LogP contribution is 2.36. The van der Waals surface area contributed by atoms with Gasteiger partial charge in [-0.05, 0) is 103 Å². The van der Waals surface area contributed by atoms with Crippen molar-refractivity contribution >= 4 is 39.8 Å². The maximum atomic E-state index is 6.26. The van der Waals surface area contributed by atoms with Crippen LogP contribution in [0.5, 0.6) is 23.0 Å². The molecule has 0 heterocycles. The first-order chi connectivity index (χ1) is 23.2. The van der Waals surface area contributed by atoms with Gasteiger partial charge in [0, 0.05) is 40.2 Å². The lowest BCUT2D eigenvalue weighted by Gasteiger charge is -2.25. The Bertz CT molecular complexity index is 1810. The molecule has 7 heteroatoms. The second-order valence-electron chi connectivity index (χ2n) is 10.6. The van der Waals surface area contributed by atoms with Crippen LogP contribution in [0.25, 0.3) is 0 Å². The summed E-state index contributed by atoms with van der Waals surface area (Å²) in [6.07, 6.45) is 0. The van der Waals surface area contributed by atoms with E-state index in [0.29, 0.717) is 19.0 Å². The number of benzene rings is 6. The normalized spacial score (nSPS) is 10.5. The third-order valence-electron chi connectivity index (χ3n) is 7.44. The number of methoxy groups -OCH3 is 2. The van der Waals surface area contributed by atoms with E-state index in [1.807, 2.05) is 115 Å². The molecule has 0 amide bonds. The lowest BCUT2D eigenvalue weighted by atomic mass is 10.2. The van der Waals surface area contributed by atoms with Gasteiger partial charge < -0.3 is 34.5 Å². The standard InChI is InChI=1S/C40H37N3O4/c1-44-36-21-16-30(17-22-36)41-32-20-25-40(39(28-32)42-31-18-23-37(45-2)24-19-31)47-27-26-46-38-15-9-14-35(29-38)43(33-10-5-3-6-11-33)34-12-7-4-8-13-34/h3-25,28-29,41-42H,26-27H2,1-2H3. The number of rotatable bonds is 14. The lowest BCUT2D eigenvalue weighted by Crippen LogP contribution is -2.12. The van der Waals surface area contributed by atoms with Gasteiger partial charge in [0.05, 0.1) is 19.9 Å². The van der Waals surface area contributed by atoms with Crippen molar-refractivity contribution in [3.63, 3.8) is 0 Å². The summed E-state index contributed by atoms with van der Waals surface area (Å²) in [5.74, 6) is 3.06. The van der Waals surface area contributed by atoms with Crippen molar-refractivity contribution in [1.29, 1.82) is 0 Å². The van der Waals surface area contributed by atoms with Crippen molar-refractivity contribution in [2.24, 2.45) is 0 Å². The van der Waals surface area contributed by atoms with Crippen molar-refractivity contribution in [2.45, 2.75) is 0 Å². The minimum Gasteiger partial charge on any atom is -0.497 e. The zero-order valence-corrected chi connectivity index (χ0v) is 26.4. The molecular weight excluding hydrogens is 586 g/mol. The Morgan fingerprint density at radius 3 is 1.57 bits per heavy atom. The maximum absolute atomic E-state index is 6.26. The van der Waals surface area contributed by atoms with Gasteiger partial charge in [0.25, 0.3) is 0 Å². The third-order valence-corrected chi connectivity index (χ3v) is 7.44. The molecule has 6 aromatic rings. The summed E-state index contributed by atoms with van der Waals surface area (Å²) in [6, 6.07) is 50.3. The van der Waals surface area contributed by atoms with Gasteiger partial charge in [-0.1, -0.05) is 42.5 Å². The SMILES string of the molecule is COc1ccc(Nc2ccc(OCCOc3cccc(N(c4ccccc4)c4ccccc4)c3)c(Nc3ccc(OC)cc3)c2)cc1. The monoisotopic (exact) mass is 623 g/mol. The molecule has 7 nitrogen and oxygen atoms in total. The molecule has 0 aliphatic carbocycles. The fraction of sp³-hybridized carbons (Fsp3) is 0.100. The summed E-state index contributed by atoms with van der Waals surface area (Å²) in [4.78, 5) is 2.21. The molecule has 0 aliphatic rings. The van der Waals surface area contributed by atoms with Gasteiger partial charge in [-0.3, -0.25) is 0 Å². The second-order valence-corrected chi connectivity index (χ2v) is 10.6. The highest BCUT2D eigenvalue weighted by atomic mass is 16.5. The smallest absolute Gasteiger partial charge is 0.143 e. The average molecular weight is 624 g/mol. The Kier molecular flexibility index (Phi) is 10.1. The van der Waals surface area contributed by atoms with Crippen molar-refractivity contribution in [1.82, 2.24) is 0 Å².